The van der Waals surface area contributed by atoms with Gasteiger partial charge in [-0.05, 0) is 25.3 Å². The number of piperidine rings is 1. The predicted octanol–water partition coefficient (Wildman–Crippen LogP) is 1.67. The third kappa shape index (κ3) is 3.24. The number of hydrogen-bond donors (Lipinski definition) is 1. The van der Waals surface area contributed by atoms with E-state index in [1.165, 1.54) is 19.3 Å². The van der Waals surface area contributed by atoms with E-state index in [9.17, 15) is 0 Å². The molecule has 0 saturated carbocycles. The van der Waals surface area contributed by atoms with Gasteiger partial charge < -0.3 is 20.0 Å². The number of aromatic nitrogens is 3. The number of hydrogen-bond acceptors (Lipinski definition) is 7. The molecule has 1 saturated heterocycles. The number of nitrogen functional groups attached to an aromatic ring is 1. The van der Waals surface area contributed by atoms with Crippen LogP contribution >= 0.6 is 0 Å². The molecule has 3 rings (SSSR count). The minimum Gasteiger partial charge on any atom is -0.472 e. The van der Waals surface area contributed by atoms with Gasteiger partial charge in [0.2, 0.25) is 17.8 Å². The first-order valence-electron chi connectivity index (χ1n) is 7.21. The van der Waals surface area contributed by atoms with Gasteiger partial charge in [0.25, 0.3) is 0 Å². The van der Waals surface area contributed by atoms with Crippen LogP contribution in [0.25, 0.3) is 0 Å². The summed E-state index contributed by atoms with van der Waals surface area (Å²) in [5.74, 6) is 1.53. The van der Waals surface area contributed by atoms with Crippen molar-refractivity contribution < 1.29 is 4.42 Å². The van der Waals surface area contributed by atoms with Crippen molar-refractivity contribution in [2.24, 2.45) is 0 Å². The summed E-state index contributed by atoms with van der Waals surface area (Å²) in [5.41, 5.74) is 6.91. The van der Waals surface area contributed by atoms with E-state index in [1.807, 2.05) is 18.0 Å². The molecule has 2 aromatic rings. The van der Waals surface area contributed by atoms with Crippen LogP contribution in [0.3, 0.4) is 0 Å². The summed E-state index contributed by atoms with van der Waals surface area (Å²) in [5, 5.41) is 0. The normalized spacial score (nSPS) is 15.2. The van der Waals surface area contributed by atoms with Gasteiger partial charge in [-0.1, -0.05) is 0 Å². The Labute approximate surface area is 123 Å². The van der Waals surface area contributed by atoms with E-state index in [0.717, 1.165) is 18.7 Å². The largest absolute Gasteiger partial charge is 0.472 e. The van der Waals surface area contributed by atoms with Crippen molar-refractivity contribution in [3.8, 4) is 0 Å². The standard InChI is InChI=1S/C14H20N6O/c1-19(9-11-5-8-21-10-11)13-16-12(15)17-14(18-13)20-6-3-2-4-7-20/h5,8,10H,2-4,6-7,9H2,1H3,(H2,15,16,17,18). The molecule has 0 amide bonds. The van der Waals surface area contributed by atoms with Gasteiger partial charge in [-0.2, -0.15) is 15.0 Å². The number of furan rings is 1. The Hall–Kier alpha value is -2.31. The zero-order chi connectivity index (χ0) is 14.7. The average molecular weight is 288 g/mol. The van der Waals surface area contributed by atoms with Crippen molar-refractivity contribution in [2.45, 2.75) is 25.8 Å². The summed E-state index contributed by atoms with van der Waals surface area (Å²) in [4.78, 5) is 17.2. The van der Waals surface area contributed by atoms with Crippen LogP contribution in [0.1, 0.15) is 24.8 Å². The molecule has 0 bridgehead atoms. The van der Waals surface area contributed by atoms with Crippen LogP contribution in [0, 0.1) is 0 Å². The first-order chi connectivity index (χ1) is 10.2. The molecule has 7 heteroatoms. The fourth-order valence-corrected chi connectivity index (χ4v) is 2.50. The summed E-state index contributed by atoms with van der Waals surface area (Å²) in [7, 11) is 1.93. The summed E-state index contributed by atoms with van der Waals surface area (Å²) >= 11 is 0. The van der Waals surface area contributed by atoms with Crippen LogP contribution in [-0.2, 0) is 6.54 Å². The third-order valence-corrected chi connectivity index (χ3v) is 3.61. The van der Waals surface area contributed by atoms with Crippen LogP contribution in [0.4, 0.5) is 17.8 Å². The highest BCUT2D eigenvalue weighted by molar-refractivity contribution is 5.43. The van der Waals surface area contributed by atoms with E-state index in [4.69, 9.17) is 10.2 Å². The van der Waals surface area contributed by atoms with Crippen LogP contribution in [0.2, 0.25) is 0 Å². The fraction of sp³-hybridized carbons (Fsp3) is 0.500. The Morgan fingerprint density at radius 3 is 2.76 bits per heavy atom. The first kappa shape index (κ1) is 13.7. The summed E-state index contributed by atoms with van der Waals surface area (Å²) < 4.78 is 5.08. The molecule has 112 valence electrons. The van der Waals surface area contributed by atoms with Gasteiger partial charge in [0.15, 0.2) is 0 Å². The molecular formula is C14H20N6O. The maximum absolute atomic E-state index is 5.84. The lowest BCUT2D eigenvalue weighted by Gasteiger charge is -2.27. The Kier molecular flexibility index (Phi) is 3.89. The average Bonchev–Trinajstić information content (AvgIpc) is 3.00. The van der Waals surface area contributed by atoms with E-state index >= 15 is 0 Å². The molecule has 0 spiro atoms. The smallest absolute Gasteiger partial charge is 0.231 e. The van der Waals surface area contributed by atoms with E-state index < -0.39 is 0 Å². The van der Waals surface area contributed by atoms with Gasteiger partial charge in [-0.3, -0.25) is 0 Å². The lowest BCUT2D eigenvalue weighted by Crippen LogP contribution is -2.32. The van der Waals surface area contributed by atoms with Crippen molar-refractivity contribution in [2.75, 3.05) is 35.7 Å². The lowest BCUT2D eigenvalue weighted by molar-refractivity contribution is 0.563. The van der Waals surface area contributed by atoms with E-state index in [-0.39, 0.29) is 5.95 Å². The summed E-state index contributed by atoms with van der Waals surface area (Å²) in [6.07, 6.45) is 6.98. The minimum absolute atomic E-state index is 0.264. The fourth-order valence-electron chi connectivity index (χ4n) is 2.50. The van der Waals surface area contributed by atoms with E-state index in [1.54, 1.807) is 12.5 Å². The zero-order valence-electron chi connectivity index (χ0n) is 12.2. The molecule has 1 aliphatic heterocycles. The summed E-state index contributed by atoms with van der Waals surface area (Å²) in [6, 6.07) is 1.92. The molecule has 7 nitrogen and oxygen atoms in total. The van der Waals surface area contributed by atoms with Crippen molar-refractivity contribution in [1.82, 2.24) is 15.0 Å². The molecule has 2 N–H and O–H groups in total. The second kappa shape index (κ2) is 5.99. The van der Waals surface area contributed by atoms with Crippen LogP contribution < -0.4 is 15.5 Å². The van der Waals surface area contributed by atoms with Gasteiger partial charge in [0.1, 0.15) is 0 Å². The monoisotopic (exact) mass is 288 g/mol. The SMILES string of the molecule is CN(Cc1ccoc1)c1nc(N)nc(N2CCCCC2)n1. The molecule has 1 aliphatic rings. The second-order valence-corrected chi connectivity index (χ2v) is 5.33. The van der Waals surface area contributed by atoms with Crippen LogP contribution in [0.15, 0.2) is 23.0 Å². The predicted molar refractivity (Wildman–Crippen MR) is 81.1 cm³/mol. The molecule has 21 heavy (non-hydrogen) atoms. The first-order valence-corrected chi connectivity index (χ1v) is 7.21. The molecular weight excluding hydrogens is 268 g/mol. The van der Waals surface area contributed by atoms with E-state index in [2.05, 4.69) is 19.9 Å². The van der Waals surface area contributed by atoms with Crippen molar-refractivity contribution >= 4 is 17.8 Å². The van der Waals surface area contributed by atoms with Crippen LogP contribution in [0.5, 0.6) is 0 Å². The number of nitrogens with zero attached hydrogens (tertiary/aromatic N) is 5. The van der Waals surface area contributed by atoms with Crippen molar-refractivity contribution in [1.29, 1.82) is 0 Å². The molecule has 1 fully saturated rings. The van der Waals surface area contributed by atoms with Crippen molar-refractivity contribution in [3.05, 3.63) is 24.2 Å². The van der Waals surface area contributed by atoms with Gasteiger partial charge in [0.05, 0.1) is 12.5 Å². The molecule has 0 radical (unpaired) electrons. The highest BCUT2D eigenvalue weighted by Gasteiger charge is 2.17. The lowest BCUT2D eigenvalue weighted by atomic mass is 10.1. The second-order valence-electron chi connectivity index (χ2n) is 5.33. The molecule has 0 aliphatic carbocycles. The Morgan fingerprint density at radius 1 is 1.24 bits per heavy atom. The zero-order valence-corrected chi connectivity index (χ0v) is 12.2. The minimum atomic E-state index is 0.264. The molecule has 3 heterocycles. The molecule has 0 unspecified atom stereocenters. The number of anilines is 3. The number of nitrogens with two attached hydrogens (primary N) is 1. The quantitative estimate of drug-likeness (QED) is 0.916. The van der Waals surface area contributed by atoms with Gasteiger partial charge in [-0.25, -0.2) is 0 Å². The Balaban J connectivity index is 1.79. The Bertz CT molecular complexity index is 579. The van der Waals surface area contributed by atoms with Gasteiger partial charge in [0, 0.05) is 32.2 Å². The van der Waals surface area contributed by atoms with Crippen LogP contribution in [-0.4, -0.2) is 35.1 Å². The topological polar surface area (TPSA) is 84.3 Å². The summed E-state index contributed by atoms with van der Waals surface area (Å²) in [6.45, 7) is 2.63. The maximum Gasteiger partial charge on any atom is 0.231 e. The third-order valence-electron chi connectivity index (χ3n) is 3.61. The van der Waals surface area contributed by atoms with E-state index in [0.29, 0.717) is 18.4 Å². The molecule has 2 aromatic heterocycles. The molecule has 0 atom stereocenters. The van der Waals surface area contributed by atoms with Gasteiger partial charge in [-0.15, -0.1) is 0 Å². The van der Waals surface area contributed by atoms with Crippen molar-refractivity contribution in [3.63, 3.8) is 0 Å². The molecule has 0 aromatic carbocycles. The highest BCUT2D eigenvalue weighted by Crippen LogP contribution is 2.19. The number of rotatable bonds is 4. The van der Waals surface area contributed by atoms with Gasteiger partial charge >= 0.3 is 0 Å². The Morgan fingerprint density at radius 2 is 2.05 bits per heavy atom. The highest BCUT2D eigenvalue weighted by atomic mass is 16.3. The maximum atomic E-state index is 5.84.